The van der Waals surface area contributed by atoms with Crippen LogP contribution in [0.1, 0.15) is 22.5 Å². The lowest BCUT2D eigenvalue weighted by atomic mass is 10.1. The van der Waals surface area contributed by atoms with Gasteiger partial charge in [0, 0.05) is 31.0 Å². The van der Waals surface area contributed by atoms with Gasteiger partial charge in [-0.15, -0.1) is 0 Å². The quantitative estimate of drug-likeness (QED) is 0.740. The zero-order valence-electron chi connectivity index (χ0n) is 12.5. The maximum absolute atomic E-state index is 12.5. The number of amides is 1. The van der Waals surface area contributed by atoms with Crippen LogP contribution in [0.25, 0.3) is 0 Å². The molecule has 0 bridgehead atoms. The maximum atomic E-state index is 12.5. The van der Waals surface area contributed by atoms with Gasteiger partial charge in [0.05, 0.1) is 4.90 Å². The van der Waals surface area contributed by atoms with E-state index in [1.165, 1.54) is 6.08 Å². The van der Waals surface area contributed by atoms with Gasteiger partial charge in [0.25, 0.3) is 5.91 Å². The highest BCUT2D eigenvalue weighted by Crippen LogP contribution is 2.26. The van der Waals surface area contributed by atoms with Crippen molar-refractivity contribution in [3.63, 3.8) is 0 Å². The minimum Gasteiger partial charge on any atom is -0.345 e. The Balaban J connectivity index is 2.47. The number of aryl methyl sites for hydroxylation is 1. The zero-order chi connectivity index (χ0) is 16.3. The summed E-state index contributed by atoms with van der Waals surface area (Å²) in [6.07, 6.45) is 7.66. The Kier molecular flexibility index (Phi) is 4.68. The Morgan fingerprint density at radius 1 is 1.55 bits per heavy atom. The third-order valence-corrected chi connectivity index (χ3v) is 5.04. The Morgan fingerprint density at radius 3 is 2.91 bits per heavy atom. The molecule has 1 atom stereocenters. The van der Waals surface area contributed by atoms with Crippen molar-refractivity contribution in [1.29, 1.82) is 4.78 Å². The van der Waals surface area contributed by atoms with Crippen LogP contribution >= 0.6 is 0 Å². The molecule has 1 unspecified atom stereocenters. The summed E-state index contributed by atoms with van der Waals surface area (Å²) in [7, 11) is -1.35. The topological polar surface area (TPSA) is 87.0 Å². The van der Waals surface area contributed by atoms with Gasteiger partial charge in [0.2, 0.25) is 0 Å². The number of hydrogen-bond donors (Lipinski definition) is 3. The number of allylic oxidation sites excluding steroid dienone is 3. The number of aromatic nitrogens is 1. The molecular weight excluding hydrogens is 300 g/mol. The van der Waals surface area contributed by atoms with Crippen LogP contribution in [-0.4, -0.2) is 21.2 Å². The maximum Gasteiger partial charge on any atom is 0.272 e. The van der Waals surface area contributed by atoms with Gasteiger partial charge < -0.3 is 9.88 Å². The molecule has 0 aliphatic carbocycles. The van der Waals surface area contributed by atoms with E-state index in [9.17, 15) is 9.00 Å². The molecule has 2 heterocycles. The molecule has 1 aliphatic heterocycles. The van der Waals surface area contributed by atoms with Gasteiger partial charge in [-0.2, -0.15) is 0 Å². The third kappa shape index (κ3) is 3.05. The van der Waals surface area contributed by atoms with Crippen molar-refractivity contribution in [3.05, 3.63) is 54.5 Å². The minimum absolute atomic E-state index is 0.311. The highest BCUT2D eigenvalue weighted by atomic mass is 32.2. The largest absolute Gasteiger partial charge is 0.345 e. The molecule has 0 radical (unpaired) electrons. The molecule has 0 saturated carbocycles. The van der Waals surface area contributed by atoms with Gasteiger partial charge in [0.1, 0.15) is 15.6 Å². The van der Waals surface area contributed by atoms with Gasteiger partial charge >= 0.3 is 0 Å². The number of carbonyl (C=O) groups is 1. The molecule has 1 aliphatic rings. The number of nitrogens with one attached hydrogen (secondary N) is 3. The second-order valence-corrected chi connectivity index (χ2v) is 6.84. The lowest BCUT2D eigenvalue weighted by molar-refractivity contribution is 0.0958. The third-order valence-electron chi connectivity index (χ3n) is 3.46. The molecule has 3 N–H and O–H groups in total. The molecule has 6 nitrogen and oxygen atoms in total. The van der Waals surface area contributed by atoms with E-state index >= 15 is 0 Å². The van der Waals surface area contributed by atoms with Crippen molar-refractivity contribution < 1.29 is 9.00 Å². The summed E-state index contributed by atoms with van der Waals surface area (Å²) in [6, 6.07) is 0. The molecule has 0 aromatic carbocycles. The highest BCUT2D eigenvalue weighted by Gasteiger charge is 2.27. The Bertz CT molecular complexity index is 757. The summed E-state index contributed by atoms with van der Waals surface area (Å²) in [4.78, 5) is 12.9. The Hall–Kier alpha value is -2.12. The summed E-state index contributed by atoms with van der Waals surface area (Å²) in [5.74, 6) is -0.311. The summed E-state index contributed by atoms with van der Waals surface area (Å²) in [5, 5.41) is 2.75. The van der Waals surface area contributed by atoms with Crippen LogP contribution in [0.4, 0.5) is 0 Å². The number of rotatable bonds is 4. The molecule has 22 heavy (non-hydrogen) atoms. The normalized spacial score (nSPS) is 21.6. The first-order valence-corrected chi connectivity index (χ1v) is 8.44. The first-order valence-electron chi connectivity index (χ1n) is 6.89. The average molecular weight is 320 g/mol. The second kappa shape index (κ2) is 6.33. The molecule has 0 spiro atoms. The van der Waals surface area contributed by atoms with Gasteiger partial charge in [-0.05, 0) is 25.0 Å². The van der Waals surface area contributed by atoms with Crippen LogP contribution in [0, 0.1) is 4.78 Å². The predicted octanol–water partition coefficient (Wildman–Crippen LogP) is 1.87. The van der Waals surface area contributed by atoms with Crippen molar-refractivity contribution in [2.75, 3.05) is 6.54 Å². The number of fused-ring (bicyclic) bond motifs is 1. The molecule has 7 heteroatoms. The van der Waals surface area contributed by atoms with E-state index in [-0.39, 0.29) is 5.91 Å². The Labute approximate surface area is 130 Å². The van der Waals surface area contributed by atoms with Gasteiger partial charge in [0.15, 0.2) is 0 Å². The summed E-state index contributed by atoms with van der Waals surface area (Å²) < 4.78 is 24.7. The monoisotopic (exact) mass is 320 g/mol. The molecule has 1 aromatic rings. The van der Waals surface area contributed by atoms with Crippen molar-refractivity contribution in [3.8, 4) is 0 Å². The molecule has 0 saturated heterocycles. The summed E-state index contributed by atoms with van der Waals surface area (Å²) in [6.45, 7) is 7.72. The SMILES string of the molecule is C=C/C=C(\C=C)NC(=O)c1c2c(cn1C)S(=N)(=O)NCCC2. The van der Waals surface area contributed by atoms with Crippen molar-refractivity contribution >= 4 is 15.8 Å². The Morgan fingerprint density at radius 2 is 2.27 bits per heavy atom. The van der Waals surface area contributed by atoms with Gasteiger partial charge in [-0.1, -0.05) is 19.2 Å². The molecule has 1 amide bonds. The average Bonchev–Trinajstić information content (AvgIpc) is 2.73. The van der Waals surface area contributed by atoms with Crippen LogP contribution in [0.3, 0.4) is 0 Å². The number of nitrogens with zero attached hydrogens (tertiary/aromatic N) is 1. The summed E-state index contributed by atoms with van der Waals surface area (Å²) >= 11 is 0. The lowest BCUT2D eigenvalue weighted by Crippen LogP contribution is -2.25. The molecule has 1 aromatic heterocycles. The highest BCUT2D eigenvalue weighted by molar-refractivity contribution is 7.90. The van der Waals surface area contributed by atoms with E-state index in [4.69, 9.17) is 4.78 Å². The fourth-order valence-corrected chi connectivity index (χ4v) is 3.91. The van der Waals surface area contributed by atoms with Crippen molar-refractivity contribution in [2.24, 2.45) is 7.05 Å². The van der Waals surface area contributed by atoms with Crippen LogP contribution in [0.5, 0.6) is 0 Å². The zero-order valence-corrected chi connectivity index (χ0v) is 13.3. The fraction of sp³-hybridized carbons (Fsp3) is 0.267. The fourth-order valence-electron chi connectivity index (χ4n) is 2.47. The molecule has 0 fully saturated rings. The van der Waals surface area contributed by atoms with Crippen molar-refractivity contribution in [1.82, 2.24) is 14.6 Å². The van der Waals surface area contributed by atoms with Crippen LogP contribution in [0.2, 0.25) is 0 Å². The van der Waals surface area contributed by atoms with E-state index in [1.807, 2.05) is 0 Å². The molecule has 2 rings (SSSR count). The summed E-state index contributed by atoms with van der Waals surface area (Å²) in [5.41, 5.74) is 1.64. The first-order chi connectivity index (χ1) is 10.4. The number of hydrogen-bond acceptors (Lipinski definition) is 3. The van der Waals surface area contributed by atoms with E-state index in [0.29, 0.717) is 34.8 Å². The second-order valence-electron chi connectivity index (χ2n) is 5.00. The number of carbonyl (C=O) groups excluding carboxylic acids is 1. The van der Waals surface area contributed by atoms with Crippen molar-refractivity contribution in [2.45, 2.75) is 17.7 Å². The van der Waals surface area contributed by atoms with E-state index in [1.54, 1.807) is 30.0 Å². The van der Waals surface area contributed by atoms with E-state index < -0.39 is 9.92 Å². The van der Waals surface area contributed by atoms with Gasteiger partial charge in [-0.25, -0.2) is 13.7 Å². The van der Waals surface area contributed by atoms with E-state index in [0.717, 1.165) is 6.42 Å². The van der Waals surface area contributed by atoms with Crippen LogP contribution < -0.4 is 10.0 Å². The minimum atomic E-state index is -3.06. The van der Waals surface area contributed by atoms with Crippen LogP contribution in [0.15, 0.2) is 48.2 Å². The van der Waals surface area contributed by atoms with E-state index in [2.05, 4.69) is 23.2 Å². The van der Waals surface area contributed by atoms with Gasteiger partial charge in [-0.3, -0.25) is 4.79 Å². The first kappa shape index (κ1) is 16.3. The standard InChI is InChI=1S/C15H20N4O2S/c1-4-7-11(5-2)18-15(20)14-12-8-6-9-17-22(16,21)13(12)10-19(14)3/h4-5,7,10H,1-2,6,8-9H2,3H3,(H,18,20)(H2,16,17,21)/b11-7+. The smallest absolute Gasteiger partial charge is 0.272 e. The predicted molar refractivity (Wildman–Crippen MR) is 86.8 cm³/mol. The molecular formula is C15H20N4O2S. The molecule has 118 valence electrons. The van der Waals surface area contributed by atoms with Crippen LogP contribution in [-0.2, 0) is 23.4 Å². The lowest BCUT2D eigenvalue weighted by Gasteiger charge is -2.09.